The lowest BCUT2D eigenvalue weighted by molar-refractivity contribution is -0.148. The first kappa shape index (κ1) is 49.8. The average molecular weight is 726 g/mol. The predicted molar refractivity (Wildman–Crippen MR) is 215 cm³/mol. The Bertz CT molecular complexity index is 702. The summed E-state index contributed by atoms with van der Waals surface area (Å²) in [4.78, 5) is 25.8. The molecule has 0 amide bonds. The lowest BCUT2D eigenvalue weighted by atomic mass is 10.1. The zero-order valence-electron chi connectivity index (χ0n) is 34.6. The zero-order chi connectivity index (χ0) is 37.3. The van der Waals surface area contributed by atoms with Crippen LogP contribution in [0.3, 0.4) is 0 Å². The van der Waals surface area contributed by atoms with E-state index in [2.05, 4.69) is 25.7 Å². The van der Waals surface area contributed by atoms with E-state index in [-0.39, 0.29) is 18.2 Å². The molecule has 0 saturated heterocycles. The van der Waals surface area contributed by atoms with E-state index < -0.39 is 0 Å². The van der Waals surface area contributed by atoms with Crippen LogP contribution in [0, 0.1) is 0 Å². The fraction of sp³-hybridized carbons (Fsp3) is 0.955. The number of carbonyl (C=O) groups is 2. The highest BCUT2D eigenvalue weighted by Crippen LogP contribution is 2.15. The molecule has 0 aliphatic heterocycles. The van der Waals surface area contributed by atoms with Crippen molar-refractivity contribution in [1.82, 2.24) is 4.90 Å². The molecular formula is C44H87NO6. The van der Waals surface area contributed by atoms with Gasteiger partial charge in [-0.15, -0.1) is 0 Å². The minimum absolute atomic E-state index is 0.0328. The molecule has 0 heterocycles. The Morgan fingerprint density at radius 2 is 0.843 bits per heavy atom. The maximum absolute atomic E-state index is 12.0. The Morgan fingerprint density at radius 3 is 1.33 bits per heavy atom. The maximum atomic E-state index is 12.0. The molecule has 304 valence electrons. The van der Waals surface area contributed by atoms with Crippen LogP contribution in [-0.4, -0.2) is 69.2 Å². The smallest absolute Gasteiger partial charge is 0.305 e. The minimum atomic E-state index is -0.206. The third kappa shape index (κ3) is 39.9. The van der Waals surface area contributed by atoms with Crippen LogP contribution in [0.15, 0.2) is 0 Å². The van der Waals surface area contributed by atoms with E-state index in [1.165, 1.54) is 122 Å². The largest absolute Gasteiger partial charge is 0.466 e. The molecule has 0 radical (unpaired) electrons. The zero-order valence-corrected chi connectivity index (χ0v) is 34.6. The molecule has 0 fully saturated rings. The Morgan fingerprint density at radius 1 is 0.431 bits per heavy atom. The second-order valence-corrected chi connectivity index (χ2v) is 15.0. The van der Waals surface area contributed by atoms with Gasteiger partial charge in [-0.3, -0.25) is 14.5 Å². The van der Waals surface area contributed by atoms with Gasteiger partial charge < -0.3 is 18.9 Å². The molecule has 0 aromatic rings. The lowest BCUT2D eigenvalue weighted by Gasteiger charge is -2.22. The van der Waals surface area contributed by atoms with E-state index in [0.29, 0.717) is 19.6 Å². The number of hydrogen-bond acceptors (Lipinski definition) is 7. The summed E-state index contributed by atoms with van der Waals surface area (Å²) < 4.78 is 23.2. The molecule has 51 heavy (non-hydrogen) atoms. The number of unbranched alkanes of at least 4 members (excludes halogenated alkanes) is 23. The van der Waals surface area contributed by atoms with Gasteiger partial charge in [0.05, 0.1) is 6.61 Å². The Hall–Kier alpha value is -1.18. The first-order valence-corrected chi connectivity index (χ1v) is 22.3. The van der Waals surface area contributed by atoms with E-state index in [1.54, 1.807) is 0 Å². The van der Waals surface area contributed by atoms with Gasteiger partial charge in [0.25, 0.3) is 0 Å². The number of carbonyl (C=O) groups excluding carboxylic acids is 2. The van der Waals surface area contributed by atoms with Gasteiger partial charge in [-0.25, -0.2) is 0 Å². The van der Waals surface area contributed by atoms with Crippen LogP contribution in [0.4, 0.5) is 0 Å². The lowest BCUT2D eigenvalue weighted by Crippen LogP contribution is -2.30. The SMILES string of the molecule is CCCCCCCCCOC(=O)CCCCCCCN(CCCCCCC(OCCCCCCCC)OCCCCCCCC)CCOC(C)=O. The molecule has 0 atom stereocenters. The number of rotatable bonds is 42. The molecule has 0 aliphatic rings. The van der Waals surface area contributed by atoms with E-state index in [1.807, 2.05) is 0 Å². The van der Waals surface area contributed by atoms with E-state index >= 15 is 0 Å². The van der Waals surface area contributed by atoms with Crippen LogP contribution < -0.4 is 0 Å². The fourth-order valence-corrected chi connectivity index (χ4v) is 6.52. The number of nitrogens with zero attached hydrogens (tertiary/aromatic N) is 1. The molecule has 0 aliphatic carbocycles. The van der Waals surface area contributed by atoms with Crippen LogP contribution in [0.2, 0.25) is 0 Å². The van der Waals surface area contributed by atoms with Crippen molar-refractivity contribution >= 4 is 11.9 Å². The van der Waals surface area contributed by atoms with Gasteiger partial charge >= 0.3 is 11.9 Å². The summed E-state index contributed by atoms with van der Waals surface area (Å²) in [6.45, 7) is 13.8. The van der Waals surface area contributed by atoms with Crippen molar-refractivity contribution in [3.8, 4) is 0 Å². The molecule has 0 unspecified atom stereocenters. The van der Waals surface area contributed by atoms with Crippen molar-refractivity contribution in [3.63, 3.8) is 0 Å². The summed E-state index contributed by atoms with van der Waals surface area (Å²) in [5.41, 5.74) is 0. The molecule has 7 heteroatoms. The Balaban J connectivity index is 4.22. The second kappa shape index (κ2) is 41.6. The molecule has 0 rings (SSSR count). The molecule has 7 nitrogen and oxygen atoms in total. The molecule has 0 saturated carbocycles. The number of esters is 2. The van der Waals surface area contributed by atoms with Crippen molar-refractivity contribution in [3.05, 3.63) is 0 Å². The van der Waals surface area contributed by atoms with Gasteiger partial charge in [-0.2, -0.15) is 0 Å². The monoisotopic (exact) mass is 726 g/mol. The van der Waals surface area contributed by atoms with E-state index in [0.717, 1.165) is 103 Å². The molecule has 0 spiro atoms. The molecule has 0 aromatic heterocycles. The standard InChI is InChI=1S/C44H87NO6/c1-5-8-11-14-17-25-30-38-49-43(47)33-26-19-18-21-28-35-45(37-41-48-42(4)46)36-29-22-20-27-34-44(50-39-31-23-15-12-9-6-2)51-40-32-24-16-13-10-7-3/h44H,5-41H2,1-4H3. The van der Waals surface area contributed by atoms with Crippen LogP contribution >= 0.6 is 0 Å². The summed E-state index contributed by atoms with van der Waals surface area (Å²) in [5.74, 6) is -0.239. The van der Waals surface area contributed by atoms with Gasteiger partial charge in [-0.1, -0.05) is 156 Å². The summed E-state index contributed by atoms with van der Waals surface area (Å²) in [6, 6.07) is 0. The van der Waals surface area contributed by atoms with Gasteiger partial charge in [0.15, 0.2) is 6.29 Å². The highest BCUT2D eigenvalue weighted by atomic mass is 16.7. The van der Waals surface area contributed by atoms with Gasteiger partial charge in [0.2, 0.25) is 0 Å². The van der Waals surface area contributed by atoms with Crippen molar-refractivity contribution < 1.29 is 28.5 Å². The van der Waals surface area contributed by atoms with Crippen LogP contribution in [-0.2, 0) is 28.5 Å². The summed E-state index contributed by atoms with van der Waals surface area (Å²) in [5, 5.41) is 0. The quantitative estimate of drug-likeness (QED) is 0.0352. The first-order valence-electron chi connectivity index (χ1n) is 22.3. The fourth-order valence-electron chi connectivity index (χ4n) is 6.52. The molecular weight excluding hydrogens is 638 g/mol. The summed E-state index contributed by atoms with van der Waals surface area (Å²) >= 11 is 0. The highest BCUT2D eigenvalue weighted by Gasteiger charge is 2.11. The van der Waals surface area contributed by atoms with Crippen molar-refractivity contribution in [2.24, 2.45) is 0 Å². The predicted octanol–water partition coefficient (Wildman–Crippen LogP) is 12.5. The normalized spacial score (nSPS) is 11.6. The second-order valence-electron chi connectivity index (χ2n) is 15.0. The average Bonchev–Trinajstić information content (AvgIpc) is 3.12. The molecule has 0 aromatic carbocycles. The van der Waals surface area contributed by atoms with E-state index in [4.69, 9.17) is 18.9 Å². The maximum Gasteiger partial charge on any atom is 0.305 e. The van der Waals surface area contributed by atoms with Crippen LogP contribution in [0.25, 0.3) is 0 Å². The topological polar surface area (TPSA) is 74.3 Å². The minimum Gasteiger partial charge on any atom is -0.466 e. The van der Waals surface area contributed by atoms with Crippen LogP contribution in [0.5, 0.6) is 0 Å². The third-order valence-corrected chi connectivity index (χ3v) is 9.85. The Labute approximate surface area is 317 Å². The van der Waals surface area contributed by atoms with Crippen LogP contribution in [0.1, 0.15) is 220 Å². The highest BCUT2D eigenvalue weighted by molar-refractivity contribution is 5.69. The summed E-state index contributed by atoms with van der Waals surface area (Å²) in [7, 11) is 0. The van der Waals surface area contributed by atoms with Crippen molar-refractivity contribution in [2.75, 3.05) is 46.1 Å². The Kier molecular flexibility index (Phi) is 40.6. The molecule has 0 N–H and O–H groups in total. The van der Waals surface area contributed by atoms with Gasteiger partial charge in [0, 0.05) is 33.1 Å². The van der Waals surface area contributed by atoms with Gasteiger partial charge in [0.1, 0.15) is 6.61 Å². The van der Waals surface area contributed by atoms with Crippen molar-refractivity contribution in [2.45, 2.75) is 227 Å². The van der Waals surface area contributed by atoms with Gasteiger partial charge in [-0.05, 0) is 64.5 Å². The first-order chi connectivity index (χ1) is 25.0. The van der Waals surface area contributed by atoms with Crippen molar-refractivity contribution in [1.29, 1.82) is 0 Å². The third-order valence-electron chi connectivity index (χ3n) is 9.85. The number of ether oxygens (including phenoxy) is 4. The van der Waals surface area contributed by atoms with E-state index in [9.17, 15) is 9.59 Å². The number of hydrogen-bond donors (Lipinski definition) is 0. The summed E-state index contributed by atoms with van der Waals surface area (Å²) in [6.07, 6.45) is 35.6. The molecule has 0 bridgehead atoms.